The first-order valence-corrected chi connectivity index (χ1v) is 7.81. The highest BCUT2D eigenvalue weighted by atomic mass is 32.2. The summed E-state index contributed by atoms with van der Waals surface area (Å²) in [5, 5.41) is 5.22. The number of hydrogen-bond acceptors (Lipinski definition) is 4. The highest BCUT2D eigenvalue weighted by Crippen LogP contribution is 2.28. The van der Waals surface area contributed by atoms with Gasteiger partial charge < -0.3 is 10.6 Å². The molecule has 0 saturated carbocycles. The van der Waals surface area contributed by atoms with Gasteiger partial charge in [0, 0.05) is 25.0 Å². The average molecular weight is 285 g/mol. The third kappa shape index (κ3) is 4.11. The van der Waals surface area contributed by atoms with Crippen LogP contribution in [0.1, 0.15) is 25.8 Å². The SMILES string of the molecule is Cc1c(N(C)CCC(C)C)cc(N)cc1S(N)(=O)=O. The van der Waals surface area contributed by atoms with Crippen LogP contribution in [-0.4, -0.2) is 22.0 Å². The van der Waals surface area contributed by atoms with Crippen LogP contribution in [0.4, 0.5) is 11.4 Å². The van der Waals surface area contributed by atoms with E-state index in [-0.39, 0.29) is 4.90 Å². The number of hydrogen-bond donors (Lipinski definition) is 2. The minimum absolute atomic E-state index is 0.0962. The van der Waals surface area contributed by atoms with Crippen LogP contribution in [-0.2, 0) is 10.0 Å². The van der Waals surface area contributed by atoms with Gasteiger partial charge >= 0.3 is 0 Å². The molecule has 108 valence electrons. The molecular formula is C13H23N3O2S. The first kappa shape index (κ1) is 15.8. The minimum atomic E-state index is -3.75. The third-order valence-corrected chi connectivity index (χ3v) is 4.15. The molecule has 5 nitrogen and oxygen atoms in total. The molecule has 0 spiro atoms. The second-order valence-corrected chi connectivity index (χ2v) is 6.84. The lowest BCUT2D eigenvalue weighted by molar-refractivity contribution is 0.584. The zero-order chi connectivity index (χ0) is 14.8. The summed E-state index contributed by atoms with van der Waals surface area (Å²) in [6.07, 6.45) is 1.02. The summed E-state index contributed by atoms with van der Waals surface area (Å²) in [7, 11) is -1.82. The Balaban J connectivity index is 3.18. The molecule has 1 aromatic carbocycles. The van der Waals surface area contributed by atoms with Crippen molar-refractivity contribution in [3.05, 3.63) is 17.7 Å². The summed E-state index contributed by atoms with van der Waals surface area (Å²) >= 11 is 0. The molecule has 4 N–H and O–H groups in total. The van der Waals surface area contributed by atoms with Crippen molar-refractivity contribution in [2.75, 3.05) is 24.2 Å². The van der Waals surface area contributed by atoms with Crippen LogP contribution in [0.5, 0.6) is 0 Å². The number of sulfonamides is 1. The molecule has 0 aliphatic heterocycles. The fraction of sp³-hybridized carbons (Fsp3) is 0.538. The predicted molar refractivity (Wildman–Crippen MR) is 79.7 cm³/mol. The lowest BCUT2D eigenvalue weighted by Crippen LogP contribution is -2.23. The molecule has 0 saturated heterocycles. The van der Waals surface area contributed by atoms with Gasteiger partial charge in [0.25, 0.3) is 0 Å². The number of benzene rings is 1. The van der Waals surface area contributed by atoms with Crippen molar-refractivity contribution in [2.45, 2.75) is 32.1 Å². The maximum atomic E-state index is 11.6. The summed E-state index contributed by atoms with van der Waals surface area (Å²) < 4.78 is 23.1. The molecule has 1 rings (SSSR count). The maximum absolute atomic E-state index is 11.6. The number of rotatable bonds is 5. The molecule has 0 amide bonds. The van der Waals surface area contributed by atoms with Gasteiger partial charge in [0.15, 0.2) is 0 Å². The Morgan fingerprint density at radius 3 is 2.37 bits per heavy atom. The van der Waals surface area contributed by atoms with Crippen LogP contribution in [0.15, 0.2) is 17.0 Å². The summed E-state index contributed by atoms with van der Waals surface area (Å²) in [5.41, 5.74) is 7.63. The summed E-state index contributed by atoms with van der Waals surface area (Å²) in [5.74, 6) is 0.585. The molecule has 0 bridgehead atoms. The van der Waals surface area contributed by atoms with Gasteiger partial charge in [-0.15, -0.1) is 0 Å². The van der Waals surface area contributed by atoms with Gasteiger partial charge in [-0.3, -0.25) is 0 Å². The first-order valence-electron chi connectivity index (χ1n) is 6.27. The topological polar surface area (TPSA) is 89.4 Å². The first-order chi connectivity index (χ1) is 8.62. The van der Waals surface area contributed by atoms with Gasteiger partial charge in [0.2, 0.25) is 10.0 Å². The maximum Gasteiger partial charge on any atom is 0.238 e. The van der Waals surface area contributed by atoms with Gasteiger partial charge in [-0.2, -0.15) is 0 Å². The number of anilines is 2. The molecule has 0 atom stereocenters. The van der Waals surface area contributed by atoms with E-state index in [2.05, 4.69) is 13.8 Å². The van der Waals surface area contributed by atoms with E-state index in [1.165, 1.54) is 6.07 Å². The molecule has 0 fully saturated rings. The van der Waals surface area contributed by atoms with Crippen LogP contribution in [0.2, 0.25) is 0 Å². The Morgan fingerprint density at radius 2 is 1.89 bits per heavy atom. The minimum Gasteiger partial charge on any atom is -0.399 e. The zero-order valence-electron chi connectivity index (χ0n) is 12.0. The van der Waals surface area contributed by atoms with E-state index < -0.39 is 10.0 Å². The smallest absolute Gasteiger partial charge is 0.238 e. The number of nitrogen functional groups attached to an aromatic ring is 1. The van der Waals surface area contributed by atoms with E-state index in [0.29, 0.717) is 17.2 Å². The number of nitrogens with zero attached hydrogens (tertiary/aromatic N) is 1. The standard InChI is InChI=1S/C13H23N3O2S/c1-9(2)5-6-16(4)12-7-11(14)8-13(10(12)3)19(15,17)18/h7-9H,5-6,14H2,1-4H3,(H2,15,17,18). The van der Waals surface area contributed by atoms with Gasteiger partial charge in [0.1, 0.15) is 0 Å². The van der Waals surface area contributed by atoms with Crippen molar-refractivity contribution >= 4 is 21.4 Å². The van der Waals surface area contributed by atoms with Crippen molar-refractivity contribution < 1.29 is 8.42 Å². The van der Waals surface area contributed by atoms with Gasteiger partial charge in [-0.25, -0.2) is 13.6 Å². The summed E-state index contributed by atoms with van der Waals surface area (Å²) in [6, 6.07) is 3.19. The van der Waals surface area contributed by atoms with E-state index >= 15 is 0 Å². The van der Waals surface area contributed by atoms with Crippen LogP contribution < -0.4 is 15.8 Å². The van der Waals surface area contributed by atoms with E-state index in [9.17, 15) is 8.42 Å². The summed E-state index contributed by atoms with van der Waals surface area (Å²) in [6.45, 7) is 6.89. The van der Waals surface area contributed by atoms with Crippen molar-refractivity contribution in [1.29, 1.82) is 0 Å². The normalized spacial score (nSPS) is 11.9. The molecule has 0 heterocycles. The molecule has 0 unspecified atom stereocenters. The van der Waals surface area contributed by atoms with Crippen LogP contribution in [0.25, 0.3) is 0 Å². The fourth-order valence-electron chi connectivity index (χ4n) is 1.96. The number of primary sulfonamides is 1. The predicted octanol–water partition coefficient (Wildman–Crippen LogP) is 1.71. The largest absolute Gasteiger partial charge is 0.399 e. The number of nitrogens with two attached hydrogens (primary N) is 2. The third-order valence-electron chi connectivity index (χ3n) is 3.11. The Labute approximate surface area is 115 Å². The highest BCUT2D eigenvalue weighted by molar-refractivity contribution is 7.89. The van der Waals surface area contributed by atoms with Gasteiger partial charge in [0.05, 0.1) is 4.90 Å². The zero-order valence-corrected chi connectivity index (χ0v) is 12.8. The highest BCUT2D eigenvalue weighted by Gasteiger charge is 2.17. The quantitative estimate of drug-likeness (QED) is 0.806. The Kier molecular flexibility index (Phi) is 4.81. The van der Waals surface area contributed by atoms with Crippen molar-refractivity contribution in [3.8, 4) is 0 Å². The fourth-order valence-corrected chi connectivity index (χ4v) is 2.79. The molecule has 0 aromatic heterocycles. The van der Waals surface area contributed by atoms with Gasteiger partial charge in [-0.1, -0.05) is 13.8 Å². The Hall–Kier alpha value is -1.27. The monoisotopic (exact) mass is 285 g/mol. The molecule has 0 radical (unpaired) electrons. The van der Waals surface area contributed by atoms with Crippen molar-refractivity contribution in [2.24, 2.45) is 11.1 Å². The molecule has 19 heavy (non-hydrogen) atoms. The van der Waals surface area contributed by atoms with E-state index in [1.54, 1.807) is 13.0 Å². The van der Waals surface area contributed by atoms with Crippen LogP contribution in [0, 0.1) is 12.8 Å². The molecular weight excluding hydrogens is 262 g/mol. The Morgan fingerprint density at radius 1 is 1.32 bits per heavy atom. The lowest BCUT2D eigenvalue weighted by atomic mass is 10.1. The molecule has 6 heteroatoms. The molecule has 0 aliphatic carbocycles. The second kappa shape index (κ2) is 5.79. The van der Waals surface area contributed by atoms with Crippen molar-refractivity contribution in [1.82, 2.24) is 0 Å². The Bertz CT molecular complexity index is 553. The van der Waals surface area contributed by atoms with E-state index in [4.69, 9.17) is 10.9 Å². The molecule has 1 aromatic rings. The second-order valence-electron chi connectivity index (χ2n) is 5.31. The van der Waals surface area contributed by atoms with Crippen LogP contribution in [0.3, 0.4) is 0 Å². The lowest BCUT2D eigenvalue weighted by Gasteiger charge is -2.24. The van der Waals surface area contributed by atoms with Gasteiger partial charge in [-0.05, 0) is 37.0 Å². The van der Waals surface area contributed by atoms with E-state index in [1.807, 2.05) is 11.9 Å². The average Bonchev–Trinajstić information content (AvgIpc) is 2.27. The summed E-state index contributed by atoms with van der Waals surface area (Å²) in [4.78, 5) is 2.11. The van der Waals surface area contributed by atoms with E-state index in [0.717, 1.165) is 18.7 Å². The molecule has 0 aliphatic rings. The van der Waals surface area contributed by atoms with Crippen LogP contribution >= 0.6 is 0 Å². The van der Waals surface area contributed by atoms with Crippen molar-refractivity contribution in [3.63, 3.8) is 0 Å².